The molecule has 0 amide bonds. The molecule has 1 aliphatic heterocycles. The fourth-order valence-corrected chi connectivity index (χ4v) is 5.82. The number of phenolic OH excluding ortho intramolecular Hbond substituents is 2. The molecule has 1 aliphatic carbocycles. The van der Waals surface area contributed by atoms with Crippen LogP contribution in [-0.4, -0.2) is 29.2 Å². The third-order valence-electron chi connectivity index (χ3n) is 8.27. The highest BCUT2D eigenvalue weighted by Crippen LogP contribution is 2.53. The highest BCUT2D eigenvalue weighted by atomic mass is 16.5. The van der Waals surface area contributed by atoms with Crippen molar-refractivity contribution in [3.8, 4) is 23.0 Å². The molecule has 4 unspecified atom stereocenters. The van der Waals surface area contributed by atoms with Gasteiger partial charge in [0.15, 0.2) is 23.0 Å². The molecule has 4 atom stereocenters. The third-order valence-corrected chi connectivity index (χ3v) is 8.27. The minimum absolute atomic E-state index is 0.0979. The van der Waals surface area contributed by atoms with Crippen LogP contribution < -0.4 is 14.8 Å². The Labute approximate surface area is 208 Å². The van der Waals surface area contributed by atoms with Gasteiger partial charge in [-0.1, -0.05) is 39.3 Å². The van der Waals surface area contributed by atoms with Crippen LogP contribution in [0, 0.1) is 23.2 Å². The number of fused-ring (bicyclic) bond motifs is 2. The van der Waals surface area contributed by atoms with E-state index in [1.165, 1.54) is 0 Å². The molecule has 2 aromatic rings. The summed E-state index contributed by atoms with van der Waals surface area (Å²) in [5, 5.41) is 24.3. The quantitative estimate of drug-likeness (QED) is 0.433. The number of hydrogen-bond donors (Lipinski definition) is 3. The largest absolute Gasteiger partial charge is 0.504 e. The molecule has 2 bridgehead atoms. The lowest BCUT2D eigenvalue weighted by Crippen LogP contribution is -2.53. The van der Waals surface area contributed by atoms with Crippen molar-refractivity contribution >= 4 is 5.78 Å². The van der Waals surface area contributed by atoms with Crippen molar-refractivity contribution in [3.05, 3.63) is 47.5 Å². The van der Waals surface area contributed by atoms with Gasteiger partial charge in [-0.25, -0.2) is 0 Å². The molecule has 2 fully saturated rings. The Morgan fingerprint density at radius 1 is 0.857 bits per heavy atom. The van der Waals surface area contributed by atoms with Crippen LogP contribution in [0.3, 0.4) is 0 Å². The number of nitrogens with one attached hydrogen (secondary N) is 1. The maximum Gasteiger partial charge on any atom is 0.161 e. The summed E-state index contributed by atoms with van der Waals surface area (Å²) < 4.78 is 11.3. The van der Waals surface area contributed by atoms with E-state index in [-0.39, 0.29) is 40.8 Å². The summed E-state index contributed by atoms with van der Waals surface area (Å²) in [7, 11) is 0. The fraction of sp³-hybridized carbons (Fsp3) is 0.552. The Kier molecular flexibility index (Phi) is 7.32. The normalized spacial score (nSPS) is 26.4. The summed E-state index contributed by atoms with van der Waals surface area (Å²) in [4.78, 5) is 13.9. The van der Waals surface area contributed by atoms with E-state index in [0.29, 0.717) is 36.4 Å². The Balaban J connectivity index is 1.79. The van der Waals surface area contributed by atoms with Crippen LogP contribution in [0.2, 0.25) is 0 Å². The topological polar surface area (TPSA) is 88.0 Å². The van der Waals surface area contributed by atoms with Gasteiger partial charge < -0.3 is 25.0 Å². The summed E-state index contributed by atoms with van der Waals surface area (Å²) >= 11 is 0. The van der Waals surface area contributed by atoms with Crippen LogP contribution in [0.25, 0.3) is 0 Å². The zero-order valence-electron chi connectivity index (χ0n) is 21.5. The monoisotopic (exact) mass is 481 g/mol. The van der Waals surface area contributed by atoms with Gasteiger partial charge in [-0.15, -0.1) is 0 Å². The molecule has 4 rings (SSSR count). The number of aromatic hydroxyl groups is 2. The average molecular weight is 482 g/mol. The van der Waals surface area contributed by atoms with Gasteiger partial charge >= 0.3 is 0 Å². The summed E-state index contributed by atoms with van der Waals surface area (Å²) in [5.41, 5.74) is 2.00. The first kappa shape index (κ1) is 25.4. The summed E-state index contributed by atoms with van der Waals surface area (Å²) in [6.07, 6.45) is 2.73. The number of ketones is 1. The van der Waals surface area contributed by atoms with Gasteiger partial charge in [-0.3, -0.25) is 4.79 Å². The number of Topliss-reactive ketones (excluding diaryl/α,β-unsaturated/α-hetero) is 1. The lowest BCUT2D eigenvalue weighted by molar-refractivity contribution is -0.139. The molecular formula is C29H39NO5. The van der Waals surface area contributed by atoms with Crippen LogP contribution in [0.5, 0.6) is 23.0 Å². The average Bonchev–Trinajstić information content (AvgIpc) is 2.82. The fourth-order valence-electron chi connectivity index (χ4n) is 5.82. The standard InChI is InChI=1S/C29H39NO5/c1-6-29(4,5)19-15-20-26(17-9-11-22(31)24(13-17)34-7-2)30-27(21(16-19)28(20)33)18-10-12-23(32)25(14-18)35-8-3/h9-14,19-21,26-27,30-32H,6-8,15-16H2,1-5H3. The molecule has 0 aromatic heterocycles. The first-order valence-corrected chi connectivity index (χ1v) is 12.9. The molecule has 3 N–H and O–H groups in total. The van der Waals surface area contributed by atoms with Crippen molar-refractivity contribution in [2.24, 2.45) is 23.2 Å². The highest BCUT2D eigenvalue weighted by Gasteiger charge is 2.51. The van der Waals surface area contributed by atoms with Crippen LogP contribution in [0.1, 0.15) is 77.1 Å². The molecule has 35 heavy (non-hydrogen) atoms. The molecule has 1 saturated carbocycles. The summed E-state index contributed by atoms with van der Waals surface area (Å²) in [5.74, 6) is 1.47. The van der Waals surface area contributed by atoms with Gasteiger partial charge in [0, 0.05) is 23.9 Å². The molecule has 0 spiro atoms. The van der Waals surface area contributed by atoms with Gasteiger partial charge in [-0.2, -0.15) is 0 Å². The van der Waals surface area contributed by atoms with Crippen molar-refractivity contribution in [1.82, 2.24) is 5.32 Å². The summed E-state index contributed by atoms with van der Waals surface area (Å²) in [6.45, 7) is 11.5. The Morgan fingerprint density at radius 3 is 1.71 bits per heavy atom. The lowest BCUT2D eigenvalue weighted by atomic mass is 9.58. The van der Waals surface area contributed by atoms with E-state index in [1.54, 1.807) is 12.1 Å². The van der Waals surface area contributed by atoms with Gasteiger partial charge in [-0.05, 0) is 73.4 Å². The summed E-state index contributed by atoms with van der Waals surface area (Å²) in [6, 6.07) is 10.4. The molecule has 190 valence electrons. The molecule has 6 nitrogen and oxygen atoms in total. The molecule has 1 heterocycles. The number of ether oxygens (including phenoxy) is 2. The van der Waals surface area contributed by atoms with Crippen LogP contribution in [0.4, 0.5) is 0 Å². The number of hydrogen-bond acceptors (Lipinski definition) is 6. The van der Waals surface area contributed by atoms with Gasteiger partial charge in [0.1, 0.15) is 5.78 Å². The van der Waals surface area contributed by atoms with Crippen molar-refractivity contribution < 1.29 is 24.5 Å². The predicted molar refractivity (Wildman–Crippen MR) is 136 cm³/mol. The first-order chi connectivity index (χ1) is 16.7. The lowest BCUT2D eigenvalue weighted by Gasteiger charge is -2.51. The van der Waals surface area contributed by atoms with Crippen LogP contribution in [-0.2, 0) is 4.79 Å². The smallest absolute Gasteiger partial charge is 0.161 e. The van der Waals surface area contributed by atoms with E-state index >= 15 is 0 Å². The van der Waals surface area contributed by atoms with Crippen LogP contribution >= 0.6 is 0 Å². The number of piperidine rings is 1. The van der Waals surface area contributed by atoms with E-state index < -0.39 is 0 Å². The van der Waals surface area contributed by atoms with Crippen molar-refractivity contribution in [2.45, 2.75) is 66.0 Å². The molecule has 2 aliphatic rings. The molecular weight excluding hydrogens is 442 g/mol. The molecule has 2 aromatic carbocycles. The number of benzene rings is 2. The van der Waals surface area contributed by atoms with Crippen molar-refractivity contribution in [1.29, 1.82) is 0 Å². The number of carbonyl (C=O) groups excluding carboxylic acids is 1. The van der Waals surface area contributed by atoms with Gasteiger partial charge in [0.2, 0.25) is 0 Å². The number of phenols is 2. The maximum absolute atomic E-state index is 13.9. The Morgan fingerprint density at radius 2 is 1.31 bits per heavy atom. The highest BCUT2D eigenvalue weighted by molar-refractivity contribution is 5.87. The van der Waals surface area contributed by atoms with Crippen molar-refractivity contribution in [3.63, 3.8) is 0 Å². The van der Waals surface area contributed by atoms with Crippen molar-refractivity contribution in [2.75, 3.05) is 13.2 Å². The van der Waals surface area contributed by atoms with E-state index in [4.69, 9.17) is 9.47 Å². The third kappa shape index (κ3) is 4.86. The maximum atomic E-state index is 13.9. The van der Waals surface area contributed by atoms with Gasteiger partial charge in [0.25, 0.3) is 0 Å². The van der Waals surface area contributed by atoms with E-state index in [1.807, 2.05) is 38.1 Å². The second kappa shape index (κ2) is 10.1. The first-order valence-electron chi connectivity index (χ1n) is 12.9. The van der Waals surface area contributed by atoms with E-state index in [0.717, 1.165) is 30.4 Å². The molecule has 6 heteroatoms. The van der Waals surface area contributed by atoms with Crippen LogP contribution in [0.15, 0.2) is 36.4 Å². The zero-order chi connectivity index (χ0) is 25.3. The van der Waals surface area contributed by atoms with Gasteiger partial charge in [0.05, 0.1) is 13.2 Å². The minimum Gasteiger partial charge on any atom is -0.504 e. The molecule has 0 radical (unpaired) electrons. The Bertz CT molecular complexity index is 992. The number of carbonyl (C=O) groups is 1. The van der Waals surface area contributed by atoms with E-state index in [2.05, 4.69) is 26.1 Å². The molecule has 1 saturated heterocycles. The Hall–Kier alpha value is -2.73. The van der Waals surface area contributed by atoms with E-state index in [9.17, 15) is 15.0 Å². The second-order valence-electron chi connectivity index (χ2n) is 10.6. The number of rotatable bonds is 8. The zero-order valence-corrected chi connectivity index (χ0v) is 21.5. The predicted octanol–water partition coefficient (Wildman–Crippen LogP) is 5.93. The minimum atomic E-state index is -0.205. The SMILES string of the molecule is CCOc1cc(C2NC(c3ccc(O)c(OCC)c3)C3CC(C(C)(C)CC)CC2C3=O)ccc1O. The second-order valence-corrected chi connectivity index (χ2v) is 10.6.